The van der Waals surface area contributed by atoms with Gasteiger partial charge in [-0.3, -0.25) is 0 Å². The Bertz CT molecular complexity index is 1150. The maximum Gasteiger partial charge on any atom is 0.226 e. The van der Waals surface area contributed by atoms with E-state index in [0.29, 0.717) is 5.82 Å². The van der Waals surface area contributed by atoms with Gasteiger partial charge in [-0.1, -0.05) is 30.3 Å². The van der Waals surface area contributed by atoms with Crippen molar-refractivity contribution in [3.8, 4) is 0 Å². The summed E-state index contributed by atoms with van der Waals surface area (Å²) in [6.07, 6.45) is 3.33. The number of benzene rings is 2. The maximum absolute atomic E-state index is 4.82. The number of para-hydroxylation sites is 1. The number of hydrogen-bond donors (Lipinski definition) is 1. The van der Waals surface area contributed by atoms with Crippen molar-refractivity contribution in [2.24, 2.45) is 0 Å². The summed E-state index contributed by atoms with van der Waals surface area (Å²) in [5.41, 5.74) is 4.88. The van der Waals surface area contributed by atoms with Crippen molar-refractivity contribution in [2.45, 2.75) is 6.92 Å². The molecule has 0 saturated carbocycles. The Labute approximate surface area is 175 Å². The highest BCUT2D eigenvalue weighted by Crippen LogP contribution is 2.24. The van der Waals surface area contributed by atoms with Gasteiger partial charge in [0.2, 0.25) is 5.95 Å². The summed E-state index contributed by atoms with van der Waals surface area (Å²) in [5.74, 6) is 1.41. The van der Waals surface area contributed by atoms with Crippen LogP contribution in [0.1, 0.15) is 5.56 Å². The van der Waals surface area contributed by atoms with Gasteiger partial charge in [-0.25, -0.2) is 19.9 Å². The minimum absolute atomic E-state index is 0.692. The van der Waals surface area contributed by atoms with E-state index in [-0.39, 0.29) is 0 Å². The fraction of sp³-hybridized carbons (Fsp3) is 0.217. The van der Waals surface area contributed by atoms with Crippen LogP contribution in [0.5, 0.6) is 0 Å². The molecular formula is C23H23N7. The molecule has 0 unspecified atom stereocenters. The number of nitrogens with one attached hydrogen (secondary N) is 1. The van der Waals surface area contributed by atoms with Gasteiger partial charge in [0.15, 0.2) is 5.82 Å². The van der Waals surface area contributed by atoms with E-state index >= 15 is 0 Å². The van der Waals surface area contributed by atoms with Crippen LogP contribution in [-0.2, 0) is 0 Å². The van der Waals surface area contributed by atoms with Gasteiger partial charge < -0.3 is 15.1 Å². The predicted molar refractivity (Wildman–Crippen MR) is 120 cm³/mol. The second-order valence-corrected chi connectivity index (χ2v) is 7.43. The minimum atomic E-state index is 0.692. The van der Waals surface area contributed by atoms with Crippen LogP contribution in [0.25, 0.3) is 11.0 Å². The standard InChI is InChI=1S/C23H23N7/c1-17-6-5-7-18(14-17)27-22-21-20(25-16-26-22)15-24-23(28-21)30-12-10-29(11-13-30)19-8-3-2-4-9-19/h2-9,14-16H,10-13H2,1H3,(H,25,26,27). The van der Waals surface area contributed by atoms with Crippen molar-refractivity contribution in [1.82, 2.24) is 19.9 Å². The predicted octanol–water partition coefficient (Wildman–Crippen LogP) is 3.80. The summed E-state index contributed by atoms with van der Waals surface area (Å²) in [5, 5.41) is 3.38. The minimum Gasteiger partial charge on any atom is -0.368 e. The van der Waals surface area contributed by atoms with E-state index in [9.17, 15) is 0 Å². The Morgan fingerprint density at radius 3 is 2.43 bits per heavy atom. The van der Waals surface area contributed by atoms with Gasteiger partial charge in [0.25, 0.3) is 0 Å². The first kappa shape index (κ1) is 18.3. The van der Waals surface area contributed by atoms with Gasteiger partial charge in [-0.15, -0.1) is 0 Å². The smallest absolute Gasteiger partial charge is 0.226 e. The zero-order valence-electron chi connectivity index (χ0n) is 16.9. The SMILES string of the molecule is Cc1cccc(Nc2ncnc3cnc(N4CCN(c5ccccc5)CC4)nc23)c1. The van der Waals surface area contributed by atoms with Crippen LogP contribution in [0.15, 0.2) is 67.1 Å². The summed E-state index contributed by atoms with van der Waals surface area (Å²) in [6.45, 7) is 5.68. The molecule has 2 aromatic heterocycles. The Kier molecular flexibility index (Phi) is 4.85. The Hall–Kier alpha value is -3.74. The second-order valence-electron chi connectivity index (χ2n) is 7.43. The number of anilines is 4. The Morgan fingerprint density at radius 1 is 0.833 bits per heavy atom. The normalized spacial score (nSPS) is 14.2. The molecule has 0 aliphatic carbocycles. The number of fused-ring (bicyclic) bond motifs is 1. The number of hydrogen-bond acceptors (Lipinski definition) is 7. The molecule has 1 N–H and O–H groups in total. The molecule has 0 atom stereocenters. The van der Waals surface area contributed by atoms with Gasteiger partial charge in [0.05, 0.1) is 6.20 Å². The Morgan fingerprint density at radius 2 is 1.63 bits per heavy atom. The fourth-order valence-corrected chi connectivity index (χ4v) is 3.75. The van der Waals surface area contributed by atoms with Gasteiger partial charge in [-0.2, -0.15) is 0 Å². The summed E-state index contributed by atoms with van der Waals surface area (Å²) in [6, 6.07) is 18.7. The van der Waals surface area contributed by atoms with E-state index in [1.54, 1.807) is 12.5 Å². The third-order valence-corrected chi connectivity index (χ3v) is 5.33. The molecule has 4 aromatic rings. The highest BCUT2D eigenvalue weighted by molar-refractivity contribution is 5.87. The van der Waals surface area contributed by atoms with E-state index in [4.69, 9.17) is 4.98 Å². The quantitative estimate of drug-likeness (QED) is 0.562. The highest BCUT2D eigenvalue weighted by Gasteiger charge is 2.20. The van der Waals surface area contributed by atoms with Gasteiger partial charge >= 0.3 is 0 Å². The van der Waals surface area contributed by atoms with E-state index < -0.39 is 0 Å². The lowest BCUT2D eigenvalue weighted by molar-refractivity contribution is 0.641. The van der Waals surface area contributed by atoms with Crippen molar-refractivity contribution < 1.29 is 0 Å². The molecule has 3 heterocycles. The van der Waals surface area contributed by atoms with Crippen molar-refractivity contribution in [3.05, 3.63) is 72.7 Å². The first-order valence-electron chi connectivity index (χ1n) is 10.1. The number of aromatic nitrogens is 4. The van der Waals surface area contributed by atoms with Crippen LogP contribution in [0.3, 0.4) is 0 Å². The molecule has 1 fully saturated rings. The lowest BCUT2D eigenvalue weighted by atomic mass is 10.2. The number of rotatable bonds is 4. The van der Waals surface area contributed by atoms with E-state index in [1.807, 2.05) is 18.2 Å². The highest BCUT2D eigenvalue weighted by atomic mass is 15.3. The molecule has 5 rings (SSSR count). The molecule has 1 saturated heterocycles. The Balaban J connectivity index is 1.38. The lowest BCUT2D eigenvalue weighted by Crippen LogP contribution is -2.47. The average Bonchev–Trinajstić information content (AvgIpc) is 2.80. The average molecular weight is 397 g/mol. The van der Waals surface area contributed by atoms with Crippen molar-refractivity contribution in [1.29, 1.82) is 0 Å². The van der Waals surface area contributed by atoms with E-state index in [0.717, 1.165) is 48.8 Å². The molecule has 7 heteroatoms. The molecule has 0 radical (unpaired) electrons. The summed E-state index contributed by atoms with van der Waals surface area (Å²) >= 11 is 0. The molecule has 1 aliphatic rings. The van der Waals surface area contributed by atoms with Crippen molar-refractivity contribution in [3.63, 3.8) is 0 Å². The summed E-state index contributed by atoms with van der Waals surface area (Å²) in [7, 11) is 0. The maximum atomic E-state index is 4.82. The zero-order chi connectivity index (χ0) is 20.3. The number of piperazine rings is 1. The number of nitrogens with zero attached hydrogens (tertiary/aromatic N) is 6. The first-order chi connectivity index (χ1) is 14.8. The van der Waals surface area contributed by atoms with Gasteiger partial charge in [0.1, 0.15) is 17.4 Å². The molecule has 7 nitrogen and oxygen atoms in total. The molecule has 30 heavy (non-hydrogen) atoms. The van der Waals surface area contributed by atoms with Crippen LogP contribution in [0, 0.1) is 6.92 Å². The molecule has 1 aliphatic heterocycles. The van der Waals surface area contributed by atoms with Crippen LogP contribution in [0.2, 0.25) is 0 Å². The molecule has 0 bridgehead atoms. The van der Waals surface area contributed by atoms with Crippen LogP contribution in [-0.4, -0.2) is 46.1 Å². The van der Waals surface area contributed by atoms with Gasteiger partial charge in [0, 0.05) is 37.6 Å². The topological polar surface area (TPSA) is 70.1 Å². The molecular weight excluding hydrogens is 374 g/mol. The zero-order valence-corrected chi connectivity index (χ0v) is 16.9. The third-order valence-electron chi connectivity index (χ3n) is 5.33. The second kappa shape index (κ2) is 7.94. The van der Waals surface area contributed by atoms with Crippen LogP contribution in [0.4, 0.5) is 23.1 Å². The van der Waals surface area contributed by atoms with Crippen molar-refractivity contribution in [2.75, 3.05) is 41.3 Å². The molecule has 150 valence electrons. The van der Waals surface area contributed by atoms with E-state index in [2.05, 4.69) is 73.4 Å². The largest absolute Gasteiger partial charge is 0.368 e. The molecule has 2 aromatic carbocycles. The van der Waals surface area contributed by atoms with Crippen LogP contribution < -0.4 is 15.1 Å². The molecule has 0 spiro atoms. The summed E-state index contributed by atoms with van der Waals surface area (Å²) < 4.78 is 0. The molecule has 0 amide bonds. The number of aryl methyl sites for hydroxylation is 1. The fourth-order valence-electron chi connectivity index (χ4n) is 3.75. The third kappa shape index (κ3) is 3.74. The first-order valence-corrected chi connectivity index (χ1v) is 10.1. The van der Waals surface area contributed by atoms with Crippen LogP contribution >= 0.6 is 0 Å². The van der Waals surface area contributed by atoms with Crippen molar-refractivity contribution >= 4 is 34.2 Å². The van der Waals surface area contributed by atoms with Gasteiger partial charge in [-0.05, 0) is 36.8 Å². The lowest BCUT2D eigenvalue weighted by Gasteiger charge is -2.36. The summed E-state index contributed by atoms with van der Waals surface area (Å²) in [4.78, 5) is 22.8. The monoisotopic (exact) mass is 397 g/mol. The van der Waals surface area contributed by atoms with E-state index in [1.165, 1.54) is 11.3 Å².